The van der Waals surface area contributed by atoms with Crippen molar-refractivity contribution in [3.63, 3.8) is 0 Å². The summed E-state index contributed by atoms with van der Waals surface area (Å²) in [5.74, 6) is -0.256. The van der Waals surface area contributed by atoms with Gasteiger partial charge in [0.2, 0.25) is 0 Å². The van der Waals surface area contributed by atoms with Gasteiger partial charge in [-0.05, 0) is 38.1 Å². The molecule has 0 saturated carbocycles. The van der Waals surface area contributed by atoms with E-state index in [0.717, 1.165) is 18.0 Å². The Hall–Kier alpha value is -1.78. The zero-order valence-electron chi connectivity index (χ0n) is 12.5. The Morgan fingerprint density at radius 1 is 1.00 bits per heavy atom. The van der Waals surface area contributed by atoms with Gasteiger partial charge in [0.1, 0.15) is 5.75 Å². The summed E-state index contributed by atoms with van der Waals surface area (Å²) in [6, 6.07) is 5.80. The van der Waals surface area contributed by atoms with Gasteiger partial charge in [-0.3, -0.25) is 9.97 Å². The number of nitrogens with zero attached hydrogens (tertiary/aromatic N) is 2. The average molecular weight is 401 g/mol. The monoisotopic (exact) mass is 401 g/mol. The van der Waals surface area contributed by atoms with Crippen LogP contribution in [0.2, 0.25) is 0 Å². The Labute approximate surface area is 148 Å². The zero-order chi connectivity index (χ0) is 17.7. The molecule has 0 amide bonds. The molecule has 6 nitrogen and oxygen atoms in total. The number of alkyl halides is 3. The van der Waals surface area contributed by atoms with Crippen LogP contribution in [0.25, 0.3) is 0 Å². The maximum atomic E-state index is 11.9. The molecule has 0 unspecified atom stereocenters. The van der Waals surface area contributed by atoms with E-state index in [9.17, 15) is 21.6 Å². The van der Waals surface area contributed by atoms with Crippen molar-refractivity contribution >= 4 is 10.1 Å². The van der Waals surface area contributed by atoms with E-state index < -0.39 is 21.4 Å². The summed E-state index contributed by atoms with van der Waals surface area (Å²) >= 11 is 0. The molecular weight excluding hydrogens is 388 g/mol. The van der Waals surface area contributed by atoms with Crippen LogP contribution >= 0.6 is 0 Å². The van der Waals surface area contributed by atoms with Crippen molar-refractivity contribution in [1.29, 1.82) is 0 Å². The molecule has 2 aromatic rings. The normalized spacial score (nSPS) is 10.9. The van der Waals surface area contributed by atoms with E-state index in [1.54, 1.807) is 19.1 Å². The van der Waals surface area contributed by atoms with Crippen molar-refractivity contribution in [2.75, 3.05) is 0 Å². The summed E-state index contributed by atoms with van der Waals surface area (Å²) in [5, 5.41) is 8.69. The van der Waals surface area contributed by atoms with Crippen LogP contribution in [0.3, 0.4) is 0 Å². The van der Waals surface area contributed by atoms with E-state index >= 15 is 0 Å². The quantitative estimate of drug-likeness (QED) is 0.615. The first-order valence-corrected chi connectivity index (χ1v) is 7.47. The van der Waals surface area contributed by atoms with E-state index in [2.05, 4.69) is 14.2 Å². The van der Waals surface area contributed by atoms with Gasteiger partial charge in [0.05, 0.1) is 12.4 Å². The van der Waals surface area contributed by atoms with Gasteiger partial charge >= 0.3 is 15.6 Å². The van der Waals surface area contributed by atoms with Crippen LogP contribution in [0.1, 0.15) is 11.4 Å². The first kappa shape index (κ1) is 22.2. The van der Waals surface area contributed by atoms with Gasteiger partial charge in [0.15, 0.2) is 5.75 Å². The number of aromatic hydroxyl groups is 1. The molecule has 0 atom stereocenters. The van der Waals surface area contributed by atoms with Gasteiger partial charge in [-0.2, -0.15) is 21.6 Å². The van der Waals surface area contributed by atoms with Crippen molar-refractivity contribution in [3.8, 4) is 11.5 Å². The number of aromatic nitrogens is 2. The van der Waals surface area contributed by atoms with E-state index in [1.165, 1.54) is 12.3 Å². The Morgan fingerprint density at radius 2 is 1.50 bits per heavy atom. The molecule has 2 rings (SSSR count). The zero-order valence-corrected chi connectivity index (χ0v) is 14.7. The van der Waals surface area contributed by atoms with Crippen molar-refractivity contribution in [2.24, 2.45) is 0 Å². The van der Waals surface area contributed by atoms with Crippen LogP contribution in [0, 0.1) is 13.8 Å². The van der Waals surface area contributed by atoms with Gasteiger partial charge in [-0.15, -0.1) is 0 Å². The Kier molecular flexibility index (Phi) is 8.25. The summed E-state index contributed by atoms with van der Waals surface area (Å²) in [6.45, 7) is 3.47. The van der Waals surface area contributed by atoms with Crippen LogP contribution in [0.15, 0.2) is 36.7 Å². The topological polar surface area (TPSA) is 89.4 Å². The molecule has 0 fully saturated rings. The molecule has 24 heavy (non-hydrogen) atoms. The minimum absolute atomic E-state index is 0. The minimum atomic E-state index is -5.60. The number of rotatable bonds is 2. The molecule has 2 heterocycles. The summed E-state index contributed by atoms with van der Waals surface area (Å²) in [6.07, 6.45) is 2.33. The first-order valence-electron chi connectivity index (χ1n) is 6.06. The molecule has 0 aliphatic carbocycles. The molecule has 0 aromatic carbocycles. The molecule has 0 aliphatic rings. The van der Waals surface area contributed by atoms with Crippen molar-refractivity contribution < 1.29 is 49.4 Å². The minimum Gasteiger partial charge on any atom is -0.506 e. The maximum absolute atomic E-state index is 11.9. The summed E-state index contributed by atoms with van der Waals surface area (Å²) in [4.78, 5) is 7.42. The fourth-order valence-electron chi connectivity index (χ4n) is 1.14. The van der Waals surface area contributed by atoms with Crippen LogP contribution < -0.4 is 4.18 Å². The van der Waals surface area contributed by atoms with E-state index in [1.807, 2.05) is 6.92 Å². The summed E-state index contributed by atoms with van der Waals surface area (Å²) in [7, 11) is -5.60. The third-order valence-electron chi connectivity index (χ3n) is 2.27. The van der Waals surface area contributed by atoms with Gasteiger partial charge in [0.25, 0.3) is 0 Å². The smallest absolute Gasteiger partial charge is 0.506 e. The van der Waals surface area contributed by atoms with Gasteiger partial charge in [-0.1, -0.05) is 0 Å². The Morgan fingerprint density at radius 3 is 1.83 bits per heavy atom. The first-order chi connectivity index (χ1) is 10.5. The van der Waals surface area contributed by atoms with Crippen LogP contribution in [-0.2, 0) is 28.7 Å². The van der Waals surface area contributed by atoms with Gasteiger partial charge in [-0.25, -0.2) is 0 Å². The number of pyridine rings is 2. The second-order valence-corrected chi connectivity index (χ2v) is 5.81. The molecule has 1 radical (unpaired) electrons. The predicted octanol–water partition coefficient (Wildman–Crippen LogP) is 2.71. The number of halogens is 3. The molecule has 0 saturated heterocycles. The number of hydrogen-bond donors (Lipinski definition) is 1. The second-order valence-electron chi connectivity index (χ2n) is 4.28. The molecule has 0 spiro atoms. The molecule has 2 aromatic heterocycles. The van der Waals surface area contributed by atoms with E-state index in [4.69, 9.17) is 5.11 Å². The Balaban J connectivity index is 0.000000498. The summed E-state index contributed by atoms with van der Waals surface area (Å²) in [5.41, 5.74) is -3.98. The van der Waals surface area contributed by atoms with Crippen molar-refractivity contribution in [1.82, 2.24) is 9.97 Å². The molecule has 1 N–H and O–H groups in total. The van der Waals surface area contributed by atoms with Crippen molar-refractivity contribution in [3.05, 3.63) is 48.0 Å². The third kappa shape index (κ3) is 7.20. The fraction of sp³-hybridized carbons (Fsp3) is 0.231. The third-order valence-corrected chi connectivity index (χ3v) is 3.25. The molecule has 0 aliphatic heterocycles. The molecule has 0 bridgehead atoms. The Bertz CT molecular complexity index is 714. The number of hydrogen-bond acceptors (Lipinski definition) is 6. The van der Waals surface area contributed by atoms with Crippen LogP contribution in [0.4, 0.5) is 13.2 Å². The standard InChI is InChI=1S/C7H6F3NO3S.C6H7NO.V/c1-5-2-3-6(4-11-5)14-15(12,13)7(8,9)10;1-5-2-3-6(8)4-7-5;/h2-4H,1H3;2-4,8H,1H3;. The predicted molar refractivity (Wildman–Crippen MR) is 75.2 cm³/mol. The fourth-order valence-corrected chi connectivity index (χ4v) is 1.58. The molecular formula is C13H13F3N2O4SV. The van der Waals surface area contributed by atoms with Crippen LogP contribution in [0.5, 0.6) is 11.5 Å². The average Bonchev–Trinajstić information content (AvgIpc) is 2.44. The van der Waals surface area contributed by atoms with E-state index in [0.29, 0.717) is 5.69 Å². The van der Waals surface area contributed by atoms with Gasteiger partial charge in [0, 0.05) is 29.9 Å². The molecule has 11 heteroatoms. The van der Waals surface area contributed by atoms with Crippen LogP contribution in [-0.4, -0.2) is 29.0 Å². The SMILES string of the molecule is Cc1ccc(O)cn1.Cc1ccc(OS(=O)(=O)C(F)(F)F)cn1.[V]. The molecule has 131 valence electrons. The van der Waals surface area contributed by atoms with Gasteiger partial charge < -0.3 is 9.29 Å². The summed E-state index contributed by atoms with van der Waals surface area (Å²) < 4.78 is 60.5. The van der Waals surface area contributed by atoms with Crippen molar-refractivity contribution in [2.45, 2.75) is 19.4 Å². The second kappa shape index (κ2) is 8.90. The van der Waals surface area contributed by atoms with E-state index in [-0.39, 0.29) is 24.3 Å². The number of aryl methyl sites for hydroxylation is 2. The maximum Gasteiger partial charge on any atom is 0.534 e. The largest absolute Gasteiger partial charge is 0.534 e.